The van der Waals surface area contributed by atoms with Crippen molar-refractivity contribution in [3.8, 4) is 0 Å². The lowest BCUT2D eigenvalue weighted by atomic mass is 10.0. The lowest BCUT2D eigenvalue weighted by Crippen LogP contribution is -2.50. The van der Waals surface area contributed by atoms with E-state index in [2.05, 4.69) is 10.6 Å². The van der Waals surface area contributed by atoms with Gasteiger partial charge in [0.05, 0.1) is 0 Å². The van der Waals surface area contributed by atoms with Gasteiger partial charge in [0.25, 0.3) is 5.91 Å². The van der Waals surface area contributed by atoms with Gasteiger partial charge in [-0.3, -0.25) is 9.59 Å². The number of amides is 2. The van der Waals surface area contributed by atoms with Gasteiger partial charge in [-0.05, 0) is 31.4 Å². The molecule has 4 heteroatoms. The van der Waals surface area contributed by atoms with Gasteiger partial charge in [-0.15, -0.1) is 0 Å². The minimum absolute atomic E-state index is 0.0850. The maximum atomic E-state index is 12.0. The summed E-state index contributed by atoms with van der Waals surface area (Å²) in [5.74, 6) is -0.261. The van der Waals surface area contributed by atoms with Crippen molar-refractivity contribution in [2.24, 2.45) is 0 Å². The van der Waals surface area contributed by atoms with Crippen molar-refractivity contribution in [2.45, 2.75) is 25.8 Å². The summed E-state index contributed by atoms with van der Waals surface area (Å²) in [5, 5.41) is 5.52. The molecular formula is C13H16N2O2. The standard InChI is InChI=1S/C13H16N2O2/c1-9-5-2-3-6-10(9)12(16)15-11-7-4-8-14-13(11)17/h2-3,5-6,11H,4,7-8H2,1H3,(H,14,17)(H,15,16). The SMILES string of the molecule is Cc1ccccc1C(=O)NC1CCCNC1=O. The molecule has 0 aliphatic carbocycles. The largest absolute Gasteiger partial charge is 0.354 e. The molecule has 0 bridgehead atoms. The molecule has 1 aromatic carbocycles. The fraction of sp³-hybridized carbons (Fsp3) is 0.385. The van der Waals surface area contributed by atoms with Gasteiger partial charge in [0, 0.05) is 12.1 Å². The molecule has 1 unspecified atom stereocenters. The van der Waals surface area contributed by atoms with E-state index < -0.39 is 6.04 Å². The number of carbonyl (C=O) groups is 2. The molecule has 1 aliphatic rings. The van der Waals surface area contributed by atoms with Gasteiger partial charge in [-0.1, -0.05) is 18.2 Å². The van der Waals surface area contributed by atoms with Crippen molar-refractivity contribution in [3.05, 3.63) is 35.4 Å². The second-order valence-corrected chi connectivity index (χ2v) is 4.27. The summed E-state index contributed by atoms with van der Waals surface area (Å²) in [5.41, 5.74) is 1.55. The van der Waals surface area contributed by atoms with Crippen molar-refractivity contribution in [3.63, 3.8) is 0 Å². The van der Waals surface area contributed by atoms with Crippen LogP contribution in [0.3, 0.4) is 0 Å². The Morgan fingerprint density at radius 3 is 2.88 bits per heavy atom. The molecule has 90 valence electrons. The summed E-state index contributed by atoms with van der Waals surface area (Å²) in [6.07, 6.45) is 1.62. The van der Waals surface area contributed by atoms with Gasteiger partial charge >= 0.3 is 0 Å². The van der Waals surface area contributed by atoms with Crippen LogP contribution in [0.2, 0.25) is 0 Å². The van der Waals surface area contributed by atoms with Crippen molar-refractivity contribution < 1.29 is 9.59 Å². The molecule has 1 saturated heterocycles. The average molecular weight is 232 g/mol. The van der Waals surface area contributed by atoms with Gasteiger partial charge in [0.1, 0.15) is 6.04 Å². The molecule has 17 heavy (non-hydrogen) atoms. The first-order valence-electron chi connectivity index (χ1n) is 5.82. The van der Waals surface area contributed by atoms with Crippen LogP contribution < -0.4 is 10.6 Å². The van der Waals surface area contributed by atoms with Gasteiger partial charge in [0.15, 0.2) is 0 Å². The highest BCUT2D eigenvalue weighted by molar-refractivity contribution is 5.98. The van der Waals surface area contributed by atoms with Crippen LogP contribution in [0.15, 0.2) is 24.3 Å². The van der Waals surface area contributed by atoms with Crippen LogP contribution >= 0.6 is 0 Å². The molecule has 2 N–H and O–H groups in total. The second kappa shape index (κ2) is 4.99. The Morgan fingerprint density at radius 1 is 1.41 bits per heavy atom. The third kappa shape index (κ3) is 2.64. The Kier molecular flexibility index (Phi) is 3.42. The summed E-state index contributed by atoms with van der Waals surface area (Å²) >= 11 is 0. The maximum absolute atomic E-state index is 12.0. The van der Waals surface area contributed by atoms with E-state index >= 15 is 0 Å². The smallest absolute Gasteiger partial charge is 0.252 e. The summed E-state index contributed by atoms with van der Waals surface area (Å²) in [4.78, 5) is 23.5. The molecule has 2 rings (SSSR count). The first-order valence-corrected chi connectivity index (χ1v) is 5.82. The predicted molar refractivity (Wildman–Crippen MR) is 64.7 cm³/mol. The van der Waals surface area contributed by atoms with E-state index in [9.17, 15) is 9.59 Å². The molecule has 0 spiro atoms. The minimum atomic E-state index is -0.393. The predicted octanol–water partition coefficient (Wildman–Crippen LogP) is 1.00. The molecule has 0 radical (unpaired) electrons. The molecule has 0 aromatic heterocycles. The number of hydrogen-bond donors (Lipinski definition) is 2. The molecule has 1 fully saturated rings. The number of benzene rings is 1. The third-order valence-corrected chi connectivity index (χ3v) is 2.98. The maximum Gasteiger partial charge on any atom is 0.252 e. The Balaban J connectivity index is 2.06. The summed E-state index contributed by atoms with van der Waals surface area (Å²) in [6, 6.07) is 6.97. The van der Waals surface area contributed by atoms with Crippen LogP contribution in [0.5, 0.6) is 0 Å². The zero-order valence-electron chi connectivity index (χ0n) is 9.82. The minimum Gasteiger partial charge on any atom is -0.354 e. The first kappa shape index (κ1) is 11.6. The van der Waals surface area contributed by atoms with E-state index in [0.717, 1.165) is 12.0 Å². The molecule has 1 aliphatic heterocycles. The van der Waals surface area contributed by atoms with Crippen LogP contribution in [-0.4, -0.2) is 24.4 Å². The number of rotatable bonds is 2. The van der Waals surface area contributed by atoms with Crippen molar-refractivity contribution in [1.82, 2.24) is 10.6 Å². The number of piperidine rings is 1. The quantitative estimate of drug-likeness (QED) is 0.799. The lowest BCUT2D eigenvalue weighted by Gasteiger charge is -2.23. The highest BCUT2D eigenvalue weighted by atomic mass is 16.2. The number of aryl methyl sites for hydroxylation is 1. The number of nitrogens with one attached hydrogen (secondary N) is 2. The first-order chi connectivity index (χ1) is 8.18. The monoisotopic (exact) mass is 232 g/mol. The molecule has 2 amide bonds. The van der Waals surface area contributed by atoms with E-state index in [-0.39, 0.29) is 11.8 Å². The van der Waals surface area contributed by atoms with E-state index in [1.807, 2.05) is 25.1 Å². The summed E-state index contributed by atoms with van der Waals surface area (Å²) in [7, 11) is 0. The van der Waals surface area contributed by atoms with Crippen LogP contribution in [-0.2, 0) is 4.79 Å². The van der Waals surface area contributed by atoms with Gasteiger partial charge in [-0.25, -0.2) is 0 Å². The fourth-order valence-electron chi connectivity index (χ4n) is 1.97. The zero-order chi connectivity index (χ0) is 12.3. The molecule has 1 atom stereocenters. The molecule has 4 nitrogen and oxygen atoms in total. The summed E-state index contributed by atoms with van der Waals surface area (Å²) < 4.78 is 0. The lowest BCUT2D eigenvalue weighted by molar-refractivity contribution is -0.124. The van der Waals surface area contributed by atoms with Crippen molar-refractivity contribution in [2.75, 3.05) is 6.54 Å². The Morgan fingerprint density at radius 2 is 2.18 bits per heavy atom. The Hall–Kier alpha value is -1.84. The van der Waals surface area contributed by atoms with Crippen LogP contribution in [0.4, 0.5) is 0 Å². The highest BCUT2D eigenvalue weighted by Crippen LogP contribution is 2.09. The Labute approximate surface area is 100 Å². The molecule has 0 saturated carbocycles. The molecule has 1 aromatic rings. The van der Waals surface area contributed by atoms with E-state index in [0.29, 0.717) is 18.5 Å². The molecule has 1 heterocycles. The van der Waals surface area contributed by atoms with Crippen LogP contribution in [0.25, 0.3) is 0 Å². The fourth-order valence-corrected chi connectivity index (χ4v) is 1.97. The van der Waals surface area contributed by atoms with Crippen LogP contribution in [0.1, 0.15) is 28.8 Å². The van der Waals surface area contributed by atoms with Crippen LogP contribution in [0, 0.1) is 6.92 Å². The topological polar surface area (TPSA) is 58.2 Å². The van der Waals surface area contributed by atoms with E-state index in [1.54, 1.807) is 6.07 Å². The second-order valence-electron chi connectivity index (χ2n) is 4.27. The summed E-state index contributed by atoms with van der Waals surface area (Å²) in [6.45, 7) is 2.59. The van der Waals surface area contributed by atoms with Crippen molar-refractivity contribution >= 4 is 11.8 Å². The molecular weight excluding hydrogens is 216 g/mol. The Bertz CT molecular complexity index is 443. The zero-order valence-corrected chi connectivity index (χ0v) is 9.82. The van der Waals surface area contributed by atoms with E-state index in [1.165, 1.54) is 0 Å². The average Bonchev–Trinajstić information content (AvgIpc) is 2.32. The van der Waals surface area contributed by atoms with Crippen molar-refractivity contribution in [1.29, 1.82) is 0 Å². The highest BCUT2D eigenvalue weighted by Gasteiger charge is 2.24. The van der Waals surface area contributed by atoms with E-state index in [4.69, 9.17) is 0 Å². The van der Waals surface area contributed by atoms with Gasteiger partial charge < -0.3 is 10.6 Å². The van der Waals surface area contributed by atoms with Gasteiger partial charge in [0.2, 0.25) is 5.91 Å². The number of hydrogen-bond acceptors (Lipinski definition) is 2. The normalized spacial score (nSPS) is 19.6. The number of carbonyl (C=O) groups excluding carboxylic acids is 2. The van der Waals surface area contributed by atoms with Gasteiger partial charge in [-0.2, -0.15) is 0 Å². The third-order valence-electron chi connectivity index (χ3n) is 2.98.